The smallest absolute Gasteiger partial charge is 0.232 e. The van der Waals surface area contributed by atoms with Crippen LogP contribution in [-0.2, 0) is 11.2 Å². The van der Waals surface area contributed by atoms with Crippen molar-refractivity contribution in [2.45, 2.75) is 25.7 Å². The van der Waals surface area contributed by atoms with E-state index in [2.05, 4.69) is 41.3 Å². The van der Waals surface area contributed by atoms with Gasteiger partial charge in [0.25, 0.3) is 0 Å². The summed E-state index contributed by atoms with van der Waals surface area (Å²) in [5.41, 5.74) is 3.28. The number of aromatic nitrogens is 2. The van der Waals surface area contributed by atoms with Crippen LogP contribution in [0.1, 0.15) is 29.4 Å². The van der Waals surface area contributed by atoms with Crippen LogP contribution in [0.15, 0.2) is 53.1 Å². The zero-order valence-electron chi connectivity index (χ0n) is 15.1. The van der Waals surface area contributed by atoms with Gasteiger partial charge in [0.1, 0.15) is 0 Å². The molecule has 0 N–H and O–H groups in total. The van der Waals surface area contributed by atoms with Crippen molar-refractivity contribution in [2.75, 3.05) is 13.1 Å². The Bertz CT molecular complexity index is 969. The van der Waals surface area contributed by atoms with Gasteiger partial charge in [0.05, 0.1) is 5.92 Å². The monoisotopic (exact) mass is 381 g/mol. The second-order valence-corrected chi connectivity index (χ2v) is 7.38. The molecule has 5 nitrogen and oxygen atoms in total. The van der Waals surface area contributed by atoms with E-state index < -0.39 is 0 Å². The summed E-state index contributed by atoms with van der Waals surface area (Å²) in [5, 5.41) is 4.67. The average molecular weight is 382 g/mol. The van der Waals surface area contributed by atoms with Crippen LogP contribution in [0.2, 0.25) is 5.02 Å². The SMILES string of the molecule is Cc1cccc(CCN2CC(c3nc(-c4cccc(Cl)c4)no3)CC2=O)c1. The Morgan fingerprint density at radius 3 is 2.89 bits per heavy atom. The standard InChI is InChI=1S/C21H20ClN3O2/c1-14-4-2-5-15(10-14)8-9-25-13-17(12-19(25)26)21-23-20(24-27-21)16-6-3-7-18(22)11-16/h2-7,10-11,17H,8-9,12-13H2,1H3. The lowest BCUT2D eigenvalue weighted by atomic mass is 10.1. The number of nitrogens with zero attached hydrogens (tertiary/aromatic N) is 3. The van der Waals surface area contributed by atoms with Crippen molar-refractivity contribution in [3.05, 3.63) is 70.6 Å². The van der Waals surface area contributed by atoms with Gasteiger partial charge in [-0.2, -0.15) is 4.98 Å². The number of carbonyl (C=O) groups is 1. The molecular weight excluding hydrogens is 362 g/mol. The number of hydrogen-bond acceptors (Lipinski definition) is 4. The summed E-state index contributed by atoms with van der Waals surface area (Å²) in [6.07, 6.45) is 1.25. The fraction of sp³-hybridized carbons (Fsp3) is 0.286. The van der Waals surface area contributed by atoms with Crippen LogP contribution < -0.4 is 0 Å². The minimum Gasteiger partial charge on any atom is -0.342 e. The Labute approximate surface area is 163 Å². The third kappa shape index (κ3) is 4.03. The highest BCUT2D eigenvalue weighted by atomic mass is 35.5. The van der Waals surface area contributed by atoms with E-state index in [1.807, 2.05) is 17.0 Å². The molecule has 0 radical (unpaired) electrons. The maximum atomic E-state index is 12.4. The van der Waals surface area contributed by atoms with Crippen molar-refractivity contribution in [1.82, 2.24) is 15.0 Å². The lowest BCUT2D eigenvalue weighted by Crippen LogP contribution is -2.27. The minimum absolute atomic E-state index is 0.0598. The molecule has 1 aliphatic rings. The normalized spacial score (nSPS) is 16.9. The number of aryl methyl sites for hydroxylation is 1. The number of amides is 1. The van der Waals surface area contributed by atoms with Gasteiger partial charge in [-0.05, 0) is 31.0 Å². The molecule has 1 fully saturated rings. The van der Waals surface area contributed by atoms with Crippen LogP contribution in [0.3, 0.4) is 0 Å². The molecule has 138 valence electrons. The summed E-state index contributed by atoms with van der Waals surface area (Å²) in [6, 6.07) is 15.7. The lowest BCUT2D eigenvalue weighted by Gasteiger charge is -2.16. The Morgan fingerprint density at radius 1 is 1.22 bits per heavy atom. The maximum Gasteiger partial charge on any atom is 0.232 e. The van der Waals surface area contributed by atoms with Crippen LogP contribution in [0.4, 0.5) is 0 Å². The summed E-state index contributed by atoms with van der Waals surface area (Å²) in [5.74, 6) is 1.08. The number of halogens is 1. The van der Waals surface area contributed by atoms with Crippen molar-refractivity contribution < 1.29 is 9.32 Å². The first-order valence-corrected chi connectivity index (χ1v) is 9.39. The third-order valence-electron chi connectivity index (χ3n) is 4.84. The van der Waals surface area contributed by atoms with Crippen molar-refractivity contribution >= 4 is 17.5 Å². The van der Waals surface area contributed by atoms with E-state index in [-0.39, 0.29) is 11.8 Å². The molecule has 1 aromatic heterocycles. The summed E-state index contributed by atoms with van der Waals surface area (Å²) in [7, 11) is 0. The van der Waals surface area contributed by atoms with Crippen molar-refractivity contribution in [3.63, 3.8) is 0 Å². The minimum atomic E-state index is -0.0598. The second kappa shape index (κ2) is 7.53. The van der Waals surface area contributed by atoms with Crippen molar-refractivity contribution in [2.24, 2.45) is 0 Å². The van der Waals surface area contributed by atoms with Gasteiger partial charge in [-0.15, -0.1) is 0 Å². The highest BCUT2D eigenvalue weighted by Gasteiger charge is 2.34. The van der Waals surface area contributed by atoms with E-state index in [0.29, 0.717) is 36.2 Å². The number of hydrogen-bond donors (Lipinski definition) is 0. The number of benzene rings is 2. The van der Waals surface area contributed by atoms with Crippen molar-refractivity contribution in [1.29, 1.82) is 0 Å². The van der Waals surface area contributed by atoms with E-state index in [1.54, 1.807) is 12.1 Å². The maximum absolute atomic E-state index is 12.4. The Balaban J connectivity index is 1.42. The molecule has 1 saturated heterocycles. The molecule has 4 rings (SSSR count). The highest BCUT2D eigenvalue weighted by molar-refractivity contribution is 6.30. The second-order valence-electron chi connectivity index (χ2n) is 6.95. The lowest BCUT2D eigenvalue weighted by molar-refractivity contribution is -0.127. The van der Waals surface area contributed by atoms with Crippen LogP contribution in [0.25, 0.3) is 11.4 Å². The molecular formula is C21H20ClN3O2. The van der Waals surface area contributed by atoms with Crippen LogP contribution >= 0.6 is 11.6 Å². The highest BCUT2D eigenvalue weighted by Crippen LogP contribution is 2.29. The average Bonchev–Trinajstić information content (AvgIpc) is 3.27. The van der Waals surface area contributed by atoms with Gasteiger partial charge >= 0.3 is 0 Å². The van der Waals surface area contributed by atoms with Crippen molar-refractivity contribution in [3.8, 4) is 11.4 Å². The zero-order valence-corrected chi connectivity index (χ0v) is 15.8. The first-order chi connectivity index (χ1) is 13.1. The Kier molecular flexibility index (Phi) is 4.94. The van der Waals surface area contributed by atoms with Gasteiger partial charge in [0.2, 0.25) is 17.6 Å². The van der Waals surface area contributed by atoms with Gasteiger partial charge in [-0.25, -0.2) is 0 Å². The first-order valence-electron chi connectivity index (χ1n) is 9.01. The molecule has 2 aromatic carbocycles. The van der Waals surface area contributed by atoms with E-state index in [0.717, 1.165) is 12.0 Å². The Hall–Kier alpha value is -2.66. The van der Waals surface area contributed by atoms with E-state index in [9.17, 15) is 4.79 Å². The van der Waals surface area contributed by atoms with E-state index in [4.69, 9.17) is 16.1 Å². The predicted octanol–water partition coefficient (Wildman–Crippen LogP) is 4.26. The molecule has 1 aliphatic heterocycles. The fourth-order valence-electron chi connectivity index (χ4n) is 3.43. The largest absolute Gasteiger partial charge is 0.342 e. The van der Waals surface area contributed by atoms with Crippen LogP contribution in [-0.4, -0.2) is 34.0 Å². The summed E-state index contributed by atoms with van der Waals surface area (Å²) >= 11 is 6.02. The molecule has 1 atom stereocenters. The van der Waals surface area contributed by atoms with Gasteiger partial charge in [-0.1, -0.05) is 58.7 Å². The summed E-state index contributed by atoms with van der Waals surface area (Å²) in [6.45, 7) is 3.39. The number of rotatable bonds is 5. The molecule has 0 bridgehead atoms. The van der Waals surface area contributed by atoms with Crippen LogP contribution in [0.5, 0.6) is 0 Å². The van der Waals surface area contributed by atoms with E-state index >= 15 is 0 Å². The quantitative estimate of drug-likeness (QED) is 0.662. The fourth-order valence-corrected chi connectivity index (χ4v) is 3.62. The summed E-state index contributed by atoms with van der Waals surface area (Å²) < 4.78 is 5.43. The van der Waals surface area contributed by atoms with Crippen LogP contribution in [0, 0.1) is 6.92 Å². The molecule has 0 spiro atoms. The number of likely N-dealkylation sites (tertiary alicyclic amines) is 1. The molecule has 1 amide bonds. The van der Waals surface area contributed by atoms with Gasteiger partial charge < -0.3 is 9.42 Å². The predicted molar refractivity (Wildman–Crippen MR) is 104 cm³/mol. The molecule has 0 aliphatic carbocycles. The summed E-state index contributed by atoms with van der Waals surface area (Å²) in [4.78, 5) is 18.8. The van der Waals surface area contributed by atoms with E-state index in [1.165, 1.54) is 11.1 Å². The molecule has 3 aromatic rings. The molecule has 6 heteroatoms. The first kappa shape index (κ1) is 17.7. The molecule has 0 saturated carbocycles. The van der Waals surface area contributed by atoms with Gasteiger partial charge in [-0.3, -0.25) is 4.79 Å². The zero-order chi connectivity index (χ0) is 18.8. The molecule has 27 heavy (non-hydrogen) atoms. The topological polar surface area (TPSA) is 59.2 Å². The number of carbonyl (C=O) groups excluding carboxylic acids is 1. The molecule has 1 unspecified atom stereocenters. The third-order valence-corrected chi connectivity index (χ3v) is 5.08. The Morgan fingerprint density at radius 2 is 2.07 bits per heavy atom. The molecule has 2 heterocycles. The van der Waals surface area contributed by atoms with Gasteiger partial charge in [0.15, 0.2) is 0 Å². The van der Waals surface area contributed by atoms with Gasteiger partial charge in [0, 0.05) is 30.1 Å².